The van der Waals surface area contributed by atoms with Gasteiger partial charge in [0.15, 0.2) is 11.6 Å². The summed E-state index contributed by atoms with van der Waals surface area (Å²) in [6.07, 6.45) is 0.503. The van der Waals surface area contributed by atoms with Crippen LogP contribution in [0.2, 0.25) is 0 Å². The predicted octanol–water partition coefficient (Wildman–Crippen LogP) is 1.87. The van der Waals surface area contributed by atoms with Crippen LogP contribution in [0.25, 0.3) is 0 Å². The van der Waals surface area contributed by atoms with Crippen molar-refractivity contribution in [2.45, 2.75) is 19.8 Å². The van der Waals surface area contributed by atoms with Crippen molar-refractivity contribution in [3.63, 3.8) is 0 Å². The van der Waals surface area contributed by atoms with Gasteiger partial charge in [0.25, 0.3) is 0 Å². The smallest absolute Gasteiger partial charge is 0.178 e. The minimum Gasteiger partial charge on any atom is -0.496 e. The standard InChI is InChI=1S/C17H16O5/c1-8-11(18)7-6-10(15(8)19)14-16(20)9-4-3-5-12(22-2)13(9)17(14)21/h3-5,8,10,14H,6-7H2,1-2H3. The fourth-order valence-corrected chi connectivity index (χ4v) is 3.44. The molecule has 1 fully saturated rings. The van der Waals surface area contributed by atoms with E-state index in [1.807, 2.05) is 0 Å². The predicted molar refractivity (Wildman–Crippen MR) is 77.0 cm³/mol. The quantitative estimate of drug-likeness (QED) is 0.779. The normalized spacial score (nSPS) is 28.0. The highest BCUT2D eigenvalue weighted by molar-refractivity contribution is 6.29. The number of carbonyl (C=O) groups is 4. The van der Waals surface area contributed by atoms with Crippen molar-refractivity contribution in [3.8, 4) is 5.75 Å². The van der Waals surface area contributed by atoms with Gasteiger partial charge in [-0.25, -0.2) is 0 Å². The van der Waals surface area contributed by atoms with Gasteiger partial charge in [-0.05, 0) is 19.4 Å². The van der Waals surface area contributed by atoms with E-state index in [4.69, 9.17) is 4.74 Å². The number of methoxy groups -OCH3 is 1. The second-order valence-corrected chi connectivity index (χ2v) is 5.82. The largest absolute Gasteiger partial charge is 0.496 e. The molecule has 5 nitrogen and oxygen atoms in total. The number of hydrogen-bond donors (Lipinski definition) is 0. The lowest BCUT2D eigenvalue weighted by Gasteiger charge is -2.27. The maximum Gasteiger partial charge on any atom is 0.178 e. The molecule has 1 saturated carbocycles. The fraction of sp³-hybridized carbons (Fsp3) is 0.412. The van der Waals surface area contributed by atoms with Gasteiger partial charge in [-0.3, -0.25) is 19.2 Å². The van der Waals surface area contributed by atoms with Crippen LogP contribution in [0.4, 0.5) is 0 Å². The van der Waals surface area contributed by atoms with E-state index < -0.39 is 17.8 Å². The molecule has 0 bridgehead atoms. The molecule has 0 heterocycles. The fourth-order valence-electron chi connectivity index (χ4n) is 3.44. The maximum absolute atomic E-state index is 12.7. The molecule has 0 amide bonds. The van der Waals surface area contributed by atoms with Crippen LogP contribution in [0, 0.1) is 17.8 Å². The van der Waals surface area contributed by atoms with Gasteiger partial charge in [0, 0.05) is 17.9 Å². The molecule has 0 saturated heterocycles. The molecule has 3 unspecified atom stereocenters. The number of hydrogen-bond acceptors (Lipinski definition) is 5. The van der Waals surface area contributed by atoms with Gasteiger partial charge < -0.3 is 4.74 Å². The van der Waals surface area contributed by atoms with Gasteiger partial charge in [-0.1, -0.05) is 12.1 Å². The zero-order valence-corrected chi connectivity index (χ0v) is 12.4. The third-order valence-electron chi connectivity index (χ3n) is 4.70. The van der Waals surface area contributed by atoms with Gasteiger partial charge in [-0.2, -0.15) is 0 Å². The summed E-state index contributed by atoms with van der Waals surface area (Å²) in [6, 6.07) is 4.86. The highest BCUT2D eigenvalue weighted by Gasteiger charge is 2.49. The van der Waals surface area contributed by atoms with Gasteiger partial charge in [-0.15, -0.1) is 0 Å². The Balaban J connectivity index is 2.01. The van der Waals surface area contributed by atoms with Gasteiger partial charge >= 0.3 is 0 Å². The Morgan fingerprint density at radius 1 is 1.09 bits per heavy atom. The first-order chi connectivity index (χ1) is 10.5. The van der Waals surface area contributed by atoms with E-state index in [0.717, 1.165) is 0 Å². The number of rotatable bonds is 2. The first-order valence-corrected chi connectivity index (χ1v) is 7.29. The molecule has 1 aromatic rings. The van der Waals surface area contributed by atoms with Gasteiger partial charge in [0.05, 0.1) is 24.5 Å². The second-order valence-electron chi connectivity index (χ2n) is 5.82. The van der Waals surface area contributed by atoms with Crippen LogP contribution in [0.3, 0.4) is 0 Å². The van der Waals surface area contributed by atoms with E-state index in [9.17, 15) is 19.2 Å². The number of ketones is 4. The third-order valence-corrected chi connectivity index (χ3v) is 4.70. The molecule has 114 valence electrons. The lowest BCUT2D eigenvalue weighted by molar-refractivity contribution is -0.138. The summed E-state index contributed by atoms with van der Waals surface area (Å²) in [6.45, 7) is 1.55. The molecule has 0 aromatic heterocycles. The monoisotopic (exact) mass is 300 g/mol. The third kappa shape index (κ3) is 1.92. The highest BCUT2D eigenvalue weighted by Crippen LogP contribution is 2.40. The van der Waals surface area contributed by atoms with Crippen molar-refractivity contribution in [2.75, 3.05) is 7.11 Å². The summed E-state index contributed by atoms with van der Waals surface area (Å²) in [5.41, 5.74) is 0.573. The van der Waals surface area contributed by atoms with Crippen molar-refractivity contribution in [3.05, 3.63) is 29.3 Å². The molecule has 2 aliphatic carbocycles. The molecule has 0 aliphatic heterocycles. The van der Waals surface area contributed by atoms with Crippen LogP contribution in [0.5, 0.6) is 5.75 Å². The van der Waals surface area contributed by atoms with Crippen molar-refractivity contribution in [1.29, 1.82) is 0 Å². The molecule has 2 aliphatic rings. The minimum absolute atomic E-state index is 0.116. The van der Waals surface area contributed by atoms with Gasteiger partial charge in [0.2, 0.25) is 0 Å². The van der Waals surface area contributed by atoms with Crippen LogP contribution in [0.1, 0.15) is 40.5 Å². The summed E-state index contributed by atoms with van der Waals surface area (Å²) < 4.78 is 5.16. The summed E-state index contributed by atoms with van der Waals surface area (Å²) in [4.78, 5) is 49.3. The number of fused-ring (bicyclic) bond motifs is 1. The molecule has 1 aromatic carbocycles. The second kappa shape index (κ2) is 5.16. The highest BCUT2D eigenvalue weighted by atomic mass is 16.5. The Morgan fingerprint density at radius 2 is 1.82 bits per heavy atom. The molecule has 3 rings (SSSR count). The van der Waals surface area contributed by atoms with E-state index in [1.54, 1.807) is 25.1 Å². The first-order valence-electron chi connectivity index (χ1n) is 7.29. The molecule has 0 N–H and O–H groups in total. The van der Waals surface area contributed by atoms with Crippen LogP contribution < -0.4 is 4.74 Å². The van der Waals surface area contributed by atoms with Gasteiger partial charge in [0.1, 0.15) is 17.3 Å². The van der Waals surface area contributed by atoms with Crippen LogP contribution in [-0.2, 0) is 9.59 Å². The minimum atomic E-state index is -1.01. The zero-order chi connectivity index (χ0) is 16.0. The Labute approximate surface area is 127 Å². The first kappa shape index (κ1) is 14.6. The number of ether oxygens (including phenoxy) is 1. The van der Waals surface area contributed by atoms with E-state index in [1.165, 1.54) is 7.11 Å². The Bertz CT molecular complexity index is 703. The molecular formula is C17H16O5. The van der Waals surface area contributed by atoms with E-state index >= 15 is 0 Å². The Kier molecular flexibility index (Phi) is 3.43. The Morgan fingerprint density at radius 3 is 2.50 bits per heavy atom. The average molecular weight is 300 g/mol. The number of Topliss-reactive ketones (excluding diaryl/α,β-unsaturated/α-hetero) is 4. The van der Waals surface area contributed by atoms with Crippen LogP contribution in [0.15, 0.2) is 18.2 Å². The zero-order valence-electron chi connectivity index (χ0n) is 12.4. The van der Waals surface area contributed by atoms with E-state index in [2.05, 4.69) is 0 Å². The topological polar surface area (TPSA) is 77.5 Å². The SMILES string of the molecule is COc1cccc2c1C(=O)C(C1CCC(=O)C(C)C1=O)C2=O. The average Bonchev–Trinajstić information content (AvgIpc) is 2.77. The van der Waals surface area contributed by atoms with Crippen LogP contribution in [-0.4, -0.2) is 30.2 Å². The van der Waals surface area contributed by atoms with Crippen LogP contribution >= 0.6 is 0 Å². The van der Waals surface area contributed by atoms with E-state index in [0.29, 0.717) is 11.3 Å². The molecule has 3 atom stereocenters. The van der Waals surface area contributed by atoms with Crippen molar-refractivity contribution in [2.24, 2.45) is 17.8 Å². The molecule has 0 spiro atoms. The lowest BCUT2D eigenvalue weighted by Crippen LogP contribution is -2.40. The number of benzene rings is 1. The summed E-state index contributed by atoms with van der Waals surface area (Å²) in [5.74, 6) is -3.20. The van der Waals surface area contributed by atoms with Crippen molar-refractivity contribution < 1.29 is 23.9 Å². The Hall–Kier alpha value is -2.30. The maximum atomic E-state index is 12.7. The molecule has 22 heavy (non-hydrogen) atoms. The van der Waals surface area contributed by atoms with E-state index in [-0.39, 0.29) is 41.5 Å². The summed E-state index contributed by atoms with van der Waals surface area (Å²) in [7, 11) is 1.44. The summed E-state index contributed by atoms with van der Waals surface area (Å²) in [5, 5.41) is 0. The molecule has 5 heteroatoms. The molecular weight excluding hydrogens is 284 g/mol. The number of carbonyl (C=O) groups excluding carboxylic acids is 4. The van der Waals surface area contributed by atoms with Crippen molar-refractivity contribution in [1.82, 2.24) is 0 Å². The lowest BCUT2D eigenvalue weighted by atomic mass is 9.72. The molecule has 0 radical (unpaired) electrons. The van der Waals surface area contributed by atoms with Crippen molar-refractivity contribution >= 4 is 23.1 Å². The summed E-state index contributed by atoms with van der Waals surface area (Å²) >= 11 is 0.